The molecule has 0 saturated heterocycles. The summed E-state index contributed by atoms with van der Waals surface area (Å²) in [6, 6.07) is 4.66. The summed E-state index contributed by atoms with van der Waals surface area (Å²) in [7, 11) is 1.22. The van der Waals surface area contributed by atoms with Crippen LogP contribution in [0.5, 0.6) is 0 Å². The molecule has 3 atom stereocenters. The lowest BCUT2D eigenvalue weighted by atomic mass is 9.69. The van der Waals surface area contributed by atoms with Crippen molar-refractivity contribution in [3.05, 3.63) is 67.8 Å². The Morgan fingerprint density at radius 2 is 2.00 bits per heavy atom. The van der Waals surface area contributed by atoms with Gasteiger partial charge in [0.1, 0.15) is 11.5 Å². The Balaban J connectivity index is 1.97. The van der Waals surface area contributed by atoms with Crippen LogP contribution in [0.3, 0.4) is 0 Å². The first-order valence-corrected chi connectivity index (χ1v) is 11.8. The van der Waals surface area contributed by atoms with Crippen LogP contribution >= 0.6 is 11.6 Å². The van der Waals surface area contributed by atoms with Crippen molar-refractivity contribution >= 4 is 40.3 Å². The topological polar surface area (TPSA) is 112 Å². The molecule has 2 aromatic rings. The Kier molecular flexibility index (Phi) is 6.85. The summed E-state index contributed by atoms with van der Waals surface area (Å²) in [4.78, 5) is 53.1. The molecular weight excluding hydrogens is 474 g/mol. The lowest BCUT2D eigenvalue weighted by Gasteiger charge is -2.37. The molecular formula is C26H26ClNO7. The second kappa shape index (κ2) is 9.70. The number of carbonyl (C=O) groups is 3. The predicted octanol–water partition coefficient (Wildman–Crippen LogP) is 4.01. The summed E-state index contributed by atoms with van der Waals surface area (Å²) in [6.07, 6.45) is 2.22. The fraction of sp³-hybridized carbons (Fsp3) is 0.385. The number of hydrogen-bond donors (Lipinski definition) is 1. The van der Waals surface area contributed by atoms with Crippen LogP contribution in [0.4, 0.5) is 0 Å². The molecule has 1 N–H and O–H groups in total. The summed E-state index contributed by atoms with van der Waals surface area (Å²) < 4.78 is 16.0. The molecule has 0 bridgehead atoms. The zero-order valence-electron chi connectivity index (χ0n) is 19.9. The van der Waals surface area contributed by atoms with Gasteiger partial charge in [0.05, 0.1) is 36.9 Å². The minimum Gasteiger partial charge on any atom is -0.468 e. The summed E-state index contributed by atoms with van der Waals surface area (Å²) in [5, 5.41) is 3.72. The Hall–Kier alpha value is -3.39. The number of halogens is 1. The third kappa shape index (κ3) is 4.27. The van der Waals surface area contributed by atoms with Crippen molar-refractivity contribution in [3.63, 3.8) is 0 Å². The highest BCUT2D eigenvalue weighted by Crippen LogP contribution is 2.45. The standard InChI is InChI=1S/C26H26ClNO7/c1-5-8-34-26(32)20-13(3)28-17-9-12(2)19(25(31)33-4)24(30)22(17)21(20)16-11-35-18-7-6-14(27)10-15(18)23(16)29/h6-7,10-12,19,21,28H,5,8-9H2,1-4H3/t12-,19-,21-/m1/s1. The van der Waals surface area contributed by atoms with E-state index in [4.69, 9.17) is 25.5 Å². The summed E-state index contributed by atoms with van der Waals surface area (Å²) >= 11 is 6.12. The maximum Gasteiger partial charge on any atom is 0.336 e. The van der Waals surface area contributed by atoms with Crippen LogP contribution in [-0.4, -0.2) is 31.4 Å². The van der Waals surface area contributed by atoms with Crippen molar-refractivity contribution in [2.45, 2.75) is 39.5 Å². The summed E-state index contributed by atoms with van der Waals surface area (Å²) in [5.74, 6) is -4.29. The number of hydrogen-bond acceptors (Lipinski definition) is 8. The molecule has 184 valence electrons. The number of rotatable bonds is 5. The van der Waals surface area contributed by atoms with Gasteiger partial charge in [0.15, 0.2) is 11.2 Å². The molecule has 4 rings (SSSR count). The number of dihydropyridines is 1. The normalized spacial score (nSPS) is 22.1. The molecule has 1 aromatic heterocycles. The van der Waals surface area contributed by atoms with E-state index in [1.807, 2.05) is 6.92 Å². The van der Waals surface area contributed by atoms with Gasteiger partial charge in [0, 0.05) is 27.6 Å². The van der Waals surface area contributed by atoms with Crippen LogP contribution < -0.4 is 10.7 Å². The molecule has 8 nitrogen and oxygen atoms in total. The largest absolute Gasteiger partial charge is 0.468 e. The highest BCUT2D eigenvalue weighted by Gasteiger charge is 2.48. The number of ether oxygens (including phenoxy) is 2. The molecule has 0 fully saturated rings. The van der Waals surface area contributed by atoms with Crippen molar-refractivity contribution in [2.75, 3.05) is 13.7 Å². The van der Waals surface area contributed by atoms with E-state index in [1.54, 1.807) is 26.0 Å². The van der Waals surface area contributed by atoms with Gasteiger partial charge in [-0.2, -0.15) is 0 Å². The molecule has 9 heteroatoms. The molecule has 0 amide bonds. The van der Waals surface area contributed by atoms with Gasteiger partial charge < -0.3 is 19.2 Å². The van der Waals surface area contributed by atoms with Gasteiger partial charge in [-0.1, -0.05) is 25.4 Å². The minimum atomic E-state index is -1.08. The van der Waals surface area contributed by atoms with E-state index in [1.165, 1.54) is 19.4 Å². The van der Waals surface area contributed by atoms with Gasteiger partial charge in [-0.15, -0.1) is 0 Å². The highest BCUT2D eigenvalue weighted by molar-refractivity contribution is 6.31. The molecule has 0 saturated carbocycles. The van der Waals surface area contributed by atoms with Gasteiger partial charge in [-0.05, 0) is 43.9 Å². The van der Waals surface area contributed by atoms with Gasteiger partial charge in [0.25, 0.3) is 0 Å². The second-order valence-corrected chi connectivity index (χ2v) is 9.27. The SMILES string of the molecule is CCCOC(=O)C1=C(C)NC2=C(C(=O)[C@H](C(=O)OC)[C@H](C)C2)[C@@H]1c1coc2ccc(Cl)cc2c1=O. The average molecular weight is 500 g/mol. The maximum absolute atomic E-state index is 13.7. The van der Waals surface area contributed by atoms with Crippen LogP contribution in [0.25, 0.3) is 11.0 Å². The number of allylic oxidation sites excluding steroid dienone is 3. The molecule has 1 aliphatic carbocycles. The summed E-state index contributed by atoms with van der Waals surface area (Å²) in [6.45, 7) is 5.52. The quantitative estimate of drug-likeness (QED) is 0.485. The molecule has 35 heavy (non-hydrogen) atoms. The van der Waals surface area contributed by atoms with Crippen LogP contribution in [0.1, 0.15) is 45.1 Å². The molecule has 0 spiro atoms. The molecule has 0 radical (unpaired) electrons. The predicted molar refractivity (Wildman–Crippen MR) is 129 cm³/mol. The fourth-order valence-corrected chi connectivity index (χ4v) is 5.02. The zero-order valence-corrected chi connectivity index (χ0v) is 20.7. The number of ketones is 1. The molecule has 2 heterocycles. The molecule has 1 aromatic carbocycles. The van der Waals surface area contributed by atoms with E-state index in [-0.39, 0.29) is 34.6 Å². The Morgan fingerprint density at radius 1 is 1.26 bits per heavy atom. The Bertz CT molecular complexity index is 1350. The lowest BCUT2D eigenvalue weighted by Crippen LogP contribution is -2.44. The van der Waals surface area contributed by atoms with E-state index in [0.717, 1.165) is 0 Å². The first-order chi connectivity index (χ1) is 16.7. The van der Waals surface area contributed by atoms with Crippen molar-refractivity contribution in [1.29, 1.82) is 0 Å². The number of carbonyl (C=O) groups excluding carboxylic acids is 3. The number of benzene rings is 1. The van der Waals surface area contributed by atoms with Crippen molar-refractivity contribution in [2.24, 2.45) is 11.8 Å². The fourth-order valence-electron chi connectivity index (χ4n) is 4.85. The van der Waals surface area contributed by atoms with Crippen molar-refractivity contribution < 1.29 is 28.3 Å². The van der Waals surface area contributed by atoms with Crippen LogP contribution in [0, 0.1) is 11.8 Å². The average Bonchev–Trinajstić information content (AvgIpc) is 2.82. The smallest absolute Gasteiger partial charge is 0.336 e. The number of methoxy groups -OCH3 is 1. The number of nitrogens with one attached hydrogen (secondary N) is 1. The third-order valence-corrected chi connectivity index (χ3v) is 6.71. The van der Waals surface area contributed by atoms with Crippen molar-refractivity contribution in [3.8, 4) is 0 Å². The number of esters is 2. The Labute approximate surface area is 206 Å². The van der Waals surface area contributed by atoms with Crippen LogP contribution in [0.2, 0.25) is 5.02 Å². The molecule has 2 aliphatic rings. The van der Waals surface area contributed by atoms with Gasteiger partial charge in [-0.3, -0.25) is 14.4 Å². The highest BCUT2D eigenvalue weighted by atomic mass is 35.5. The Morgan fingerprint density at radius 3 is 2.69 bits per heavy atom. The lowest BCUT2D eigenvalue weighted by molar-refractivity contribution is -0.151. The van der Waals surface area contributed by atoms with Gasteiger partial charge in [-0.25, -0.2) is 4.79 Å². The second-order valence-electron chi connectivity index (χ2n) is 8.83. The number of Topliss-reactive ketones (excluding diaryl/α,β-unsaturated/α-hetero) is 1. The molecule has 0 unspecified atom stereocenters. The van der Waals surface area contributed by atoms with Crippen molar-refractivity contribution in [1.82, 2.24) is 5.32 Å². The van der Waals surface area contributed by atoms with E-state index in [9.17, 15) is 19.2 Å². The van der Waals surface area contributed by atoms with Crippen LogP contribution in [0.15, 0.2) is 56.2 Å². The van der Waals surface area contributed by atoms with E-state index in [0.29, 0.717) is 34.8 Å². The monoisotopic (exact) mass is 499 g/mol. The van der Waals surface area contributed by atoms with E-state index < -0.39 is 35.0 Å². The van der Waals surface area contributed by atoms with Gasteiger partial charge >= 0.3 is 11.9 Å². The third-order valence-electron chi connectivity index (χ3n) is 6.47. The van der Waals surface area contributed by atoms with E-state index in [2.05, 4.69) is 5.32 Å². The summed E-state index contributed by atoms with van der Waals surface area (Å²) in [5.41, 5.74) is 1.29. The molecule has 1 aliphatic heterocycles. The number of fused-ring (bicyclic) bond motifs is 1. The van der Waals surface area contributed by atoms with E-state index >= 15 is 0 Å². The van der Waals surface area contributed by atoms with Gasteiger partial charge in [0.2, 0.25) is 0 Å². The van der Waals surface area contributed by atoms with Crippen LogP contribution in [-0.2, 0) is 23.9 Å². The minimum absolute atomic E-state index is 0.0862. The maximum atomic E-state index is 13.7. The first-order valence-electron chi connectivity index (χ1n) is 11.4. The first kappa shape index (κ1) is 24.7. The zero-order chi connectivity index (χ0) is 25.4.